The first-order valence-corrected chi connectivity index (χ1v) is 9.27. The summed E-state index contributed by atoms with van der Waals surface area (Å²) in [6.07, 6.45) is 7.35. The molecular formula is C20H28O5. The Morgan fingerprint density at radius 3 is 2.64 bits per heavy atom. The number of carbonyl (C=O) groups excluding carboxylic acids is 1. The van der Waals surface area contributed by atoms with Gasteiger partial charge in [-0.25, -0.2) is 0 Å². The highest BCUT2D eigenvalue weighted by molar-refractivity contribution is 5.79. The third-order valence-corrected chi connectivity index (χ3v) is 6.59. The number of aliphatic hydroxyl groups is 1. The molecule has 6 atom stereocenters. The summed E-state index contributed by atoms with van der Waals surface area (Å²) in [5.74, 6) is -0.715. The summed E-state index contributed by atoms with van der Waals surface area (Å²) >= 11 is 0. The average molecular weight is 348 g/mol. The monoisotopic (exact) mass is 348 g/mol. The molecule has 138 valence electrons. The number of carbonyl (C=O) groups is 1. The SMILES string of the molecule is C=C1CCC2OC2(C)CCC2C1C(=O)OC2(C=CC1OC1(C)C)CO. The zero-order valence-corrected chi connectivity index (χ0v) is 15.3. The van der Waals surface area contributed by atoms with Gasteiger partial charge in [0.1, 0.15) is 6.10 Å². The second-order valence-electron chi connectivity index (χ2n) is 8.77. The Kier molecular flexibility index (Phi) is 3.74. The fraction of sp³-hybridized carbons (Fsp3) is 0.750. The quantitative estimate of drug-likeness (QED) is 0.482. The molecule has 25 heavy (non-hydrogen) atoms. The van der Waals surface area contributed by atoms with E-state index in [1.807, 2.05) is 26.0 Å². The number of cyclic esters (lactones) is 1. The summed E-state index contributed by atoms with van der Waals surface area (Å²) in [6, 6.07) is 0. The second-order valence-corrected chi connectivity index (χ2v) is 8.77. The summed E-state index contributed by atoms with van der Waals surface area (Å²) in [5.41, 5.74) is -0.369. The molecule has 3 aliphatic heterocycles. The lowest BCUT2D eigenvalue weighted by molar-refractivity contribution is -0.149. The predicted octanol–water partition coefficient (Wildman–Crippen LogP) is 2.53. The van der Waals surface area contributed by atoms with Crippen LogP contribution in [-0.4, -0.2) is 46.7 Å². The molecule has 3 saturated heterocycles. The molecule has 5 heteroatoms. The molecule has 0 aromatic heterocycles. The van der Waals surface area contributed by atoms with E-state index < -0.39 is 5.60 Å². The summed E-state index contributed by atoms with van der Waals surface area (Å²) in [4.78, 5) is 12.6. The van der Waals surface area contributed by atoms with Gasteiger partial charge in [0.15, 0.2) is 5.60 Å². The maximum absolute atomic E-state index is 12.6. The number of rotatable bonds is 3. The van der Waals surface area contributed by atoms with Gasteiger partial charge in [0.25, 0.3) is 0 Å². The van der Waals surface area contributed by atoms with E-state index in [0.717, 1.165) is 31.3 Å². The second kappa shape index (κ2) is 5.41. The first-order valence-electron chi connectivity index (χ1n) is 9.27. The van der Waals surface area contributed by atoms with E-state index in [2.05, 4.69) is 13.5 Å². The molecule has 0 aromatic rings. The van der Waals surface area contributed by atoms with Gasteiger partial charge in [-0.15, -0.1) is 0 Å². The molecule has 0 spiro atoms. The van der Waals surface area contributed by atoms with Crippen molar-refractivity contribution in [2.75, 3.05) is 6.61 Å². The molecule has 1 saturated carbocycles. The Hall–Kier alpha value is -1.17. The normalized spacial score (nSPS) is 48.2. The van der Waals surface area contributed by atoms with Crippen molar-refractivity contribution in [1.82, 2.24) is 0 Å². The molecule has 1 N–H and O–H groups in total. The predicted molar refractivity (Wildman–Crippen MR) is 91.9 cm³/mol. The van der Waals surface area contributed by atoms with Crippen LogP contribution in [0.3, 0.4) is 0 Å². The van der Waals surface area contributed by atoms with Crippen LogP contribution in [-0.2, 0) is 19.0 Å². The van der Waals surface area contributed by atoms with Gasteiger partial charge in [-0.2, -0.15) is 0 Å². The number of hydrogen-bond donors (Lipinski definition) is 1. The molecule has 3 heterocycles. The molecule has 4 rings (SSSR count). The van der Waals surface area contributed by atoms with Crippen molar-refractivity contribution in [3.63, 3.8) is 0 Å². The molecular weight excluding hydrogens is 320 g/mol. The van der Waals surface area contributed by atoms with E-state index in [1.54, 1.807) is 0 Å². The number of ether oxygens (including phenoxy) is 3. The van der Waals surface area contributed by atoms with Gasteiger partial charge >= 0.3 is 5.97 Å². The van der Waals surface area contributed by atoms with E-state index >= 15 is 0 Å². The van der Waals surface area contributed by atoms with Gasteiger partial charge in [0.05, 0.1) is 29.8 Å². The van der Waals surface area contributed by atoms with Gasteiger partial charge in [-0.1, -0.05) is 18.2 Å². The molecule has 0 radical (unpaired) electrons. The third kappa shape index (κ3) is 2.77. The first-order chi connectivity index (χ1) is 11.7. The highest BCUT2D eigenvalue weighted by atomic mass is 16.6. The summed E-state index contributed by atoms with van der Waals surface area (Å²) in [5, 5.41) is 10.2. The van der Waals surface area contributed by atoms with Gasteiger partial charge in [-0.05, 0) is 52.5 Å². The minimum Gasteiger partial charge on any atom is -0.452 e. The lowest BCUT2D eigenvalue weighted by Crippen LogP contribution is -2.39. The standard InChI is InChI=1S/C20H28O5/c1-12-5-6-15-19(4,24-15)9-7-13-16(12)17(22)25-20(13,11-21)10-8-14-18(2,3)23-14/h8,10,13-16,21H,1,5-7,9,11H2,2-4H3. The van der Waals surface area contributed by atoms with E-state index in [-0.39, 0.29) is 47.8 Å². The highest BCUT2D eigenvalue weighted by Crippen LogP contribution is 2.52. The zero-order valence-electron chi connectivity index (χ0n) is 15.3. The summed E-state index contributed by atoms with van der Waals surface area (Å²) in [6.45, 7) is 10.1. The Morgan fingerprint density at radius 1 is 1.28 bits per heavy atom. The highest BCUT2D eigenvalue weighted by Gasteiger charge is 2.59. The molecule has 1 aliphatic carbocycles. The van der Waals surface area contributed by atoms with Gasteiger partial charge in [0, 0.05) is 5.92 Å². The van der Waals surface area contributed by atoms with Crippen LogP contribution in [0.15, 0.2) is 24.3 Å². The Morgan fingerprint density at radius 2 is 2.00 bits per heavy atom. The minimum atomic E-state index is -0.988. The molecule has 4 aliphatic rings. The smallest absolute Gasteiger partial charge is 0.314 e. The Balaban J connectivity index is 1.63. The number of fused-ring (bicyclic) bond motifs is 2. The van der Waals surface area contributed by atoms with Crippen molar-refractivity contribution in [2.24, 2.45) is 11.8 Å². The first kappa shape index (κ1) is 17.3. The Labute approximate surface area is 149 Å². The summed E-state index contributed by atoms with van der Waals surface area (Å²) < 4.78 is 17.2. The molecule has 4 fully saturated rings. The van der Waals surface area contributed by atoms with Crippen LogP contribution in [0.5, 0.6) is 0 Å². The van der Waals surface area contributed by atoms with Gasteiger partial charge < -0.3 is 19.3 Å². The number of aliphatic hydroxyl groups excluding tert-OH is 1. The van der Waals surface area contributed by atoms with Gasteiger partial charge in [-0.3, -0.25) is 4.79 Å². The van der Waals surface area contributed by atoms with Crippen molar-refractivity contribution in [3.05, 3.63) is 24.3 Å². The van der Waals surface area contributed by atoms with Crippen molar-refractivity contribution in [2.45, 2.75) is 75.5 Å². The molecule has 0 aromatic carbocycles. The number of epoxide rings is 2. The van der Waals surface area contributed by atoms with Crippen LogP contribution in [0.25, 0.3) is 0 Å². The fourth-order valence-corrected chi connectivity index (χ4v) is 4.60. The molecule has 0 amide bonds. The van der Waals surface area contributed by atoms with Crippen LogP contribution in [0.1, 0.15) is 46.5 Å². The van der Waals surface area contributed by atoms with Crippen molar-refractivity contribution in [1.29, 1.82) is 0 Å². The average Bonchev–Trinajstić information content (AvgIpc) is 3.35. The maximum atomic E-state index is 12.6. The lowest BCUT2D eigenvalue weighted by Gasteiger charge is -2.31. The lowest BCUT2D eigenvalue weighted by atomic mass is 9.74. The van der Waals surface area contributed by atoms with E-state index in [1.165, 1.54) is 0 Å². The van der Waals surface area contributed by atoms with Crippen LogP contribution in [0.4, 0.5) is 0 Å². The third-order valence-electron chi connectivity index (χ3n) is 6.59. The van der Waals surface area contributed by atoms with E-state index in [4.69, 9.17) is 14.2 Å². The topological polar surface area (TPSA) is 71.6 Å². The fourth-order valence-electron chi connectivity index (χ4n) is 4.60. The largest absolute Gasteiger partial charge is 0.452 e. The van der Waals surface area contributed by atoms with Crippen LogP contribution in [0.2, 0.25) is 0 Å². The number of esters is 1. The van der Waals surface area contributed by atoms with Crippen LogP contribution in [0, 0.1) is 11.8 Å². The molecule has 5 nitrogen and oxygen atoms in total. The van der Waals surface area contributed by atoms with E-state index in [9.17, 15) is 9.90 Å². The van der Waals surface area contributed by atoms with Crippen molar-refractivity contribution in [3.8, 4) is 0 Å². The maximum Gasteiger partial charge on any atom is 0.314 e. The minimum absolute atomic E-state index is 0.00174. The van der Waals surface area contributed by atoms with Crippen LogP contribution >= 0.6 is 0 Å². The molecule has 6 unspecified atom stereocenters. The molecule has 0 bridgehead atoms. The summed E-state index contributed by atoms with van der Waals surface area (Å²) in [7, 11) is 0. The van der Waals surface area contributed by atoms with Crippen molar-refractivity contribution < 1.29 is 24.1 Å². The van der Waals surface area contributed by atoms with Crippen molar-refractivity contribution >= 4 is 5.97 Å². The zero-order chi connectivity index (χ0) is 18.0. The van der Waals surface area contributed by atoms with E-state index in [0.29, 0.717) is 0 Å². The number of hydrogen-bond acceptors (Lipinski definition) is 5. The van der Waals surface area contributed by atoms with Gasteiger partial charge in [0.2, 0.25) is 0 Å². The Bertz CT molecular complexity index is 638. The van der Waals surface area contributed by atoms with Crippen LogP contribution < -0.4 is 0 Å².